The van der Waals surface area contributed by atoms with Crippen LogP contribution in [0.25, 0.3) is 0 Å². The summed E-state index contributed by atoms with van der Waals surface area (Å²) in [7, 11) is 9.12. The molecule has 2 N–H and O–H groups in total. The Labute approximate surface area is 108 Å². The van der Waals surface area contributed by atoms with Crippen LogP contribution in [0.15, 0.2) is 17.0 Å². The van der Waals surface area contributed by atoms with Crippen LogP contribution < -0.4 is 15.2 Å². The summed E-state index contributed by atoms with van der Waals surface area (Å²) in [6.45, 7) is 1.78. The molecular weight excluding hydrogens is 233 g/mol. The molecule has 1 aromatic carbocycles. The fourth-order valence-corrected chi connectivity index (χ4v) is 2.21. The molecule has 0 bridgehead atoms. The molecule has 0 aliphatic carbocycles. The maximum Gasteiger partial charge on any atom is 0.132 e. The van der Waals surface area contributed by atoms with Crippen molar-refractivity contribution in [2.24, 2.45) is 5.73 Å². The second-order valence-electron chi connectivity index (χ2n) is 4.20. The fraction of sp³-hybridized carbons (Fsp3) is 0.500. The van der Waals surface area contributed by atoms with E-state index in [2.05, 4.69) is 0 Å². The SMILES string of the molecule is [B]C(C)(N)Cc1cc(OC)c(SC)cc1OC. The summed E-state index contributed by atoms with van der Waals surface area (Å²) in [5, 5.41) is 0. The summed E-state index contributed by atoms with van der Waals surface area (Å²) in [5.41, 5.74) is 6.02. The smallest absolute Gasteiger partial charge is 0.132 e. The average Bonchev–Trinajstić information content (AvgIpc) is 2.26. The molecule has 1 rings (SSSR count). The highest BCUT2D eigenvalue weighted by Gasteiger charge is 2.17. The van der Waals surface area contributed by atoms with E-state index in [4.69, 9.17) is 23.1 Å². The lowest BCUT2D eigenvalue weighted by Crippen LogP contribution is -2.38. The average molecular weight is 251 g/mol. The Morgan fingerprint density at radius 2 is 1.88 bits per heavy atom. The first-order valence-corrected chi connectivity index (χ1v) is 6.50. The Balaban J connectivity index is 3.19. The largest absolute Gasteiger partial charge is 0.496 e. The fourth-order valence-electron chi connectivity index (χ4n) is 1.64. The van der Waals surface area contributed by atoms with Crippen molar-refractivity contribution in [3.8, 4) is 11.5 Å². The predicted octanol–water partition coefficient (Wildman–Crippen LogP) is 1.81. The third-order valence-corrected chi connectivity index (χ3v) is 3.12. The van der Waals surface area contributed by atoms with E-state index in [-0.39, 0.29) is 0 Å². The van der Waals surface area contributed by atoms with E-state index in [0.717, 1.165) is 22.0 Å². The third-order valence-electron chi connectivity index (χ3n) is 2.36. The van der Waals surface area contributed by atoms with Crippen LogP contribution in [0, 0.1) is 0 Å². The molecule has 3 nitrogen and oxygen atoms in total. The van der Waals surface area contributed by atoms with Crippen LogP contribution in [0.1, 0.15) is 12.5 Å². The molecule has 0 saturated heterocycles. The van der Waals surface area contributed by atoms with Gasteiger partial charge in [-0.25, -0.2) is 0 Å². The molecule has 0 heterocycles. The number of methoxy groups -OCH3 is 2. The maximum absolute atomic E-state index is 5.83. The molecule has 0 aromatic heterocycles. The number of nitrogens with two attached hydrogens (primary N) is 1. The lowest BCUT2D eigenvalue weighted by Gasteiger charge is -2.22. The van der Waals surface area contributed by atoms with Crippen LogP contribution in [-0.4, -0.2) is 33.8 Å². The molecule has 0 spiro atoms. The molecule has 0 fully saturated rings. The zero-order valence-corrected chi connectivity index (χ0v) is 11.6. The van der Waals surface area contributed by atoms with Crippen molar-refractivity contribution in [3.63, 3.8) is 0 Å². The maximum atomic E-state index is 5.83. The van der Waals surface area contributed by atoms with Crippen molar-refractivity contribution >= 4 is 19.6 Å². The van der Waals surface area contributed by atoms with Crippen molar-refractivity contribution in [1.82, 2.24) is 0 Å². The van der Waals surface area contributed by atoms with Crippen LogP contribution in [0.2, 0.25) is 0 Å². The number of hydrogen-bond acceptors (Lipinski definition) is 4. The van der Waals surface area contributed by atoms with Gasteiger partial charge < -0.3 is 15.2 Å². The molecule has 0 aliphatic heterocycles. The lowest BCUT2D eigenvalue weighted by atomic mass is 9.76. The van der Waals surface area contributed by atoms with Crippen molar-refractivity contribution < 1.29 is 9.47 Å². The molecule has 92 valence electrons. The number of benzene rings is 1. The van der Waals surface area contributed by atoms with Gasteiger partial charge in [-0.2, -0.15) is 0 Å². The van der Waals surface area contributed by atoms with Gasteiger partial charge >= 0.3 is 0 Å². The molecule has 1 atom stereocenters. The summed E-state index contributed by atoms with van der Waals surface area (Å²) in [6, 6.07) is 3.88. The standard InChI is InChI=1S/C12H18BNO2S/c1-12(13,14)7-8-5-10(16-3)11(17-4)6-9(8)15-2/h5-6H,7,14H2,1-4H3. The molecule has 1 aromatic rings. The molecular formula is C12H18BNO2S. The van der Waals surface area contributed by atoms with Crippen LogP contribution >= 0.6 is 11.8 Å². The summed E-state index contributed by atoms with van der Waals surface area (Å²) in [6.07, 6.45) is 2.52. The Bertz CT molecular complexity index is 391. The number of hydrogen-bond donors (Lipinski definition) is 1. The van der Waals surface area contributed by atoms with Crippen LogP contribution in [0.4, 0.5) is 0 Å². The minimum Gasteiger partial charge on any atom is -0.496 e. The van der Waals surface area contributed by atoms with E-state index < -0.39 is 5.44 Å². The van der Waals surface area contributed by atoms with Gasteiger partial charge in [0.25, 0.3) is 0 Å². The number of rotatable bonds is 5. The molecule has 0 aliphatic rings. The van der Waals surface area contributed by atoms with E-state index in [0.29, 0.717) is 6.42 Å². The van der Waals surface area contributed by atoms with E-state index in [1.54, 1.807) is 32.9 Å². The van der Waals surface area contributed by atoms with Gasteiger partial charge in [0, 0.05) is 0 Å². The van der Waals surface area contributed by atoms with Crippen molar-refractivity contribution in [2.45, 2.75) is 23.7 Å². The van der Waals surface area contributed by atoms with Gasteiger partial charge in [-0.3, -0.25) is 0 Å². The first-order chi connectivity index (χ1) is 7.91. The predicted molar refractivity (Wildman–Crippen MR) is 73.4 cm³/mol. The Morgan fingerprint density at radius 1 is 1.29 bits per heavy atom. The van der Waals surface area contributed by atoms with Crippen LogP contribution in [-0.2, 0) is 6.42 Å². The molecule has 0 saturated carbocycles. The van der Waals surface area contributed by atoms with Gasteiger partial charge in [-0.05, 0) is 35.8 Å². The van der Waals surface area contributed by atoms with Crippen molar-refractivity contribution in [1.29, 1.82) is 0 Å². The van der Waals surface area contributed by atoms with Gasteiger partial charge in [0.2, 0.25) is 0 Å². The number of thioether (sulfide) groups is 1. The highest BCUT2D eigenvalue weighted by molar-refractivity contribution is 7.98. The monoisotopic (exact) mass is 251 g/mol. The molecule has 2 radical (unpaired) electrons. The zero-order chi connectivity index (χ0) is 13.1. The van der Waals surface area contributed by atoms with E-state index in [9.17, 15) is 0 Å². The van der Waals surface area contributed by atoms with Crippen LogP contribution in [0.3, 0.4) is 0 Å². The molecule has 1 unspecified atom stereocenters. The van der Waals surface area contributed by atoms with Crippen molar-refractivity contribution in [3.05, 3.63) is 17.7 Å². The van der Waals surface area contributed by atoms with Gasteiger partial charge in [-0.15, -0.1) is 11.8 Å². The zero-order valence-electron chi connectivity index (χ0n) is 10.7. The molecule has 17 heavy (non-hydrogen) atoms. The lowest BCUT2D eigenvalue weighted by molar-refractivity contribution is 0.389. The van der Waals surface area contributed by atoms with Gasteiger partial charge in [0.1, 0.15) is 11.5 Å². The van der Waals surface area contributed by atoms with Crippen LogP contribution in [0.5, 0.6) is 11.5 Å². The third kappa shape index (κ3) is 3.86. The number of ether oxygens (including phenoxy) is 2. The summed E-state index contributed by atoms with van der Waals surface area (Å²) >= 11 is 1.61. The quantitative estimate of drug-likeness (QED) is 0.640. The highest BCUT2D eigenvalue weighted by atomic mass is 32.2. The van der Waals surface area contributed by atoms with E-state index in [1.165, 1.54) is 0 Å². The second-order valence-corrected chi connectivity index (χ2v) is 5.05. The first kappa shape index (κ1) is 14.3. The van der Waals surface area contributed by atoms with Gasteiger partial charge in [0.05, 0.1) is 27.0 Å². The second kappa shape index (κ2) is 5.69. The topological polar surface area (TPSA) is 44.5 Å². The van der Waals surface area contributed by atoms with Crippen molar-refractivity contribution in [2.75, 3.05) is 20.5 Å². The van der Waals surface area contributed by atoms with E-state index in [1.807, 2.05) is 18.4 Å². The van der Waals surface area contributed by atoms with Gasteiger partial charge in [-0.1, -0.05) is 6.92 Å². The summed E-state index contributed by atoms with van der Waals surface area (Å²) in [5.74, 6) is 1.61. The summed E-state index contributed by atoms with van der Waals surface area (Å²) < 4.78 is 10.7. The Kier molecular flexibility index (Phi) is 4.77. The summed E-state index contributed by atoms with van der Waals surface area (Å²) in [4.78, 5) is 1.03. The molecule has 5 heteroatoms. The van der Waals surface area contributed by atoms with E-state index >= 15 is 0 Å². The highest BCUT2D eigenvalue weighted by Crippen LogP contribution is 2.35. The normalized spacial score (nSPS) is 14.2. The minimum atomic E-state index is -0.765. The first-order valence-electron chi connectivity index (χ1n) is 5.28. The molecule has 0 amide bonds. The minimum absolute atomic E-state index is 0.529. The Morgan fingerprint density at radius 3 is 2.29 bits per heavy atom. The van der Waals surface area contributed by atoms with Gasteiger partial charge in [0.15, 0.2) is 0 Å². The Hall–Kier alpha value is -0.805.